The first kappa shape index (κ1) is 21.9. The molecule has 0 aromatic heterocycles. The normalized spacial score (nSPS) is 15.4. The van der Waals surface area contributed by atoms with E-state index in [1.165, 1.54) is 0 Å². The maximum atomic E-state index is 9.89. The number of aliphatic hydroxyl groups excluding tert-OH is 1. The van der Waals surface area contributed by atoms with Crippen molar-refractivity contribution in [3.05, 3.63) is 12.7 Å². The van der Waals surface area contributed by atoms with Gasteiger partial charge in [0.1, 0.15) is 18.6 Å². The molecular formula is C13H26N3NaO3. The molecule has 0 radical (unpaired) electrons. The zero-order valence-electron chi connectivity index (χ0n) is 12.3. The summed E-state index contributed by atoms with van der Waals surface area (Å²) >= 11 is 0. The van der Waals surface area contributed by atoms with Gasteiger partial charge in [0, 0.05) is 13.0 Å². The summed E-state index contributed by atoms with van der Waals surface area (Å²) in [5.74, 6) is -0.0486. The quantitative estimate of drug-likeness (QED) is 0.377. The van der Waals surface area contributed by atoms with E-state index >= 15 is 0 Å². The number of hydrogen-bond acceptors (Lipinski definition) is 5. The Morgan fingerprint density at radius 3 is 2.45 bits per heavy atom. The zero-order chi connectivity index (χ0) is 15.1. The molecule has 0 amide bonds. The van der Waals surface area contributed by atoms with Crippen molar-refractivity contribution in [2.45, 2.75) is 19.6 Å². The standard InChI is InChI=1S/C8H14N2O.C5H11NO2.Na.H/c1-3-4-8-9-5-6-10(8)7(2)11;1-6(2,3)4-5(7)8;;/h3,7,11H,1,4-6H2,2H3;4H2,1-3H3;;. The van der Waals surface area contributed by atoms with Crippen molar-refractivity contribution in [3.63, 3.8) is 0 Å². The first-order valence-corrected chi connectivity index (χ1v) is 6.26. The summed E-state index contributed by atoms with van der Waals surface area (Å²) in [6.07, 6.45) is 2.14. The number of quaternary nitrogens is 1. The van der Waals surface area contributed by atoms with Gasteiger partial charge in [-0.15, -0.1) is 6.58 Å². The third-order valence-electron chi connectivity index (χ3n) is 2.35. The Kier molecular flexibility index (Phi) is 11.3. The minimum absolute atomic E-state index is 0. The number of nitrogens with zero attached hydrogens (tertiary/aromatic N) is 3. The molecule has 1 N–H and O–H groups in total. The molecule has 0 aromatic rings. The Morgan fingerprint density at radius 1 is 1.60 bits per heavy atom. The van der Waals surface area contributed by atoms with Crippen LogP contribution in [-0.4, -0.2) is 103 Å². The van der Waals surface area contributed by atoms with Gasteiger partial charge in [-0.05, 0) is 6.92 Å². The first-order chi connectivity index (χ1) is 8.67. The molecule has 0 aliphatic carbocycles. The van der Waals surface area contributed by atoms with Crippen LogP contribution in [-0.2, 0) is 4.79 Å². The van der Waals surface area contributed by atoms with Crippen molar-refractivity contribution in [3.8, 4) is 0 Å². The van der Waals surface area contributed by atoms with Crippen LogP contribution in [0.15, 0.2) is 17.6 Å². The van der Waals surface area contributed by atoms with Gasteiger partial charge in [0.25, 0.3) is 0 Å². The monoisotopic (exact) mass is 295 g/mol. The number of carboxylic acids is 1. The Hall–Kier alpha value is -0.400. The van der Waals surface area contributed by atoms with Crippen molar-refractivity contribution in [1.29, 1.82) is 0 Å². The number of rotatable bonds is 5. The average Bonchev–Trinajstić information content (AvgIpc) is 2.63. The van der Waals surface area contributed by atoms with Crippen LogP contribution in [0.5, 0.6) is 0 Å². The molecule has 1 atom stereocenters. The van der Waals surface area contributed by atoms with E-state index in [-0.39, 0.29) is 36.1 Å². The molecule has 0 fully saturated rings. The Balaban J connectivity index is 0. The Labute approximate surface area is 143 Å². The van der Waals surface area contributed by atoms with Crippen molar-refractivity contribution in [1.82, 2.24) is 4.90 Å². The van der Waals surface area contributed by atoms with Gasteiger partial charge in [-0.2, -0.15) is 0 Å². The topological polar surface area (TPSA) is 76.0 Å². The number of carbonyl (C=O) groups excluding carboxylic acids is 1. The third kappa shape index (κ3) is 10.4. The van der Waals surface area contributed by atoms with Gasteiger partial charge in [0.15, 0.2) is 0 Å². The number of hydrogen-bond donors (Lipinski definition) is 1. The van der Waals surface area contributed by atoms with Crippen LogP contribution in [0.1, 0.15) is 13.3 Å². The van der Waals surface area contributed by atoms with Gasteiger partial charge in [0.05, 0.1) is 33.7 Å². The van der Waals surface area contributed by atoms with Crippen molar-refractivity contribution in [2.75, 3.05) is 40.8 Å². The van der Waals surface area contributed by atoms with Crippen LogP contribution in [0, 0.1) is 0 Å². The number of aliphatic carboxylic acids is 1. The summed E-state index contributed by atoms with van der Waals surface area (Å²) in [6, 6.07) is 0. The van der Waals surface area contributed by atoms with Gasteiger partial charge in [-0.1, -0.05) is 6.08 Å². The van der Waals surface area contributed by atoms with E-state index in [1.807, 2.05) is 4.90 Å². The molecule has 0 saturated carbocycles. The number of likely N-dealkylation sites (N-methyl/N-ethyl adjacent to an activating group) is 1. The van der Waals surface area contributed by atoms with Gasteiger partial charge >= 0.3 is 29.6 Å². The molecule has 7 heteroatoms. The number of carbonyl (C=O) groups is 1. The van der Waals surface area contributed by atoms with Crippen LogP contribution in [0.3, 0.4) is 0 Å². The molecule has 20 heavy (non-hydrogen) atoms. The van der Waals surface area contributed by atoms with Gasteiger partial charge in [-0.3, -0.25) is 4.99 Å². The zero-order valence-corrected chi connectivity index (χ0v) is 12.3. The molecule has 0 saturated heterocycles. The molecule has 6 nitrogen and oxygen atoms in total. The molecule has 1 aliphatic heterocycles. The molecule has 1 rings (SSSR count). The third-order valence-corrected chi connectivity index (χ3v) is 2.35. The van der Waals surface area contributed by atoms with E-state index in [0.717, 1.165) is 25.3 Å². The van der Waals surface area contributed by atoms with Gasteiger partial charge in [0.2, 0.25) is 0 Å². The molecule has 0 bridgehead atoms. The van der Waals surface area contributed by atoms with Gasteiger partial charge < -0.3 is 24.4 Å². The molecule has 1 unspecified atom stereocenters. The fourth-order valence-corrected chi connectivity index (χ4v) is 1.61. The molecule has 0 aromatic carbocycles. The van der Waals surface area contributed by atoms with E-state index in [9.17, 15) is 15.0 Å². The van der Waals surface area contributed by atoms with E-state index in [2.05, 4.69) is 11.6 Å². The SMILES string of the molecule is C=CCC1=NCCN1C(C)O.C[N+](C)(C)CC(=O)[O-].[NaH]. The Morgan fingerprint density at radius 2 is 2.15 bits per heavy atom. The van der Waals surface area contributed by atoms with E-state index in [0.29, 0.717) is 4.48 Å². The average molecular weight is 295 g/mol. The Bertz CT molecular complexity index is 338. The maximum absolute atomic E-state index is 9.89. The van der Waals surface area contributed by atoms with E-state index in [4.69, 9.17) is 0 Å². The van der Waals surface area contributed by atoms with Crippen LogP contribution in [0.25, 0.3) is 0 Å². The van der Waals surface area contributed by atoms with Crippen LogP contribution >= 0.6 is 0 Å². The van der Waals surface area contributed by atoms with Crippen LogP contribution in [0.4, 0.5) is 0 Å². The van der Waals surface area contributed by atoms with Crippen LogP contribution < -0.4 is 5.11 Å². The number of carboxylic acid groups (broad SMARTS) is 1. The summed E-state index contributed by atoms with van der Waals surface area (Å²) in [5.41, 5.74) is 0. The van der Waals surface area contributed by atoms with E-state index < -0.39 is 12.2 Å². The second-order valence-electron chi connectivity index (χ2n) is 5.44. The molecule has 1 aliphatic rings. The number of amidine groups is 1. The van der Waals surface area contributed by atoms with Crippen molar-refractivity contribution >= 4 is 41.4 Å². The second-order valence-corrected chi connectivity index (χ2v) is 5.44. The molecule has 0 spiro atoms. The summed E-state index contributed by atoms with van der Waals surface area (Å²) in [7, 11) is 5.40. The molecule has 112 valence electrons. The minimum atomic E-state index is -1.00. The summed E-state index contributed by atoms with van der Waals surface area (Å²) < 4.78 is 0.419. The van der Waals surface area contributed by atoms with Crippen molar-refractivity contribution < 1.29 is 19.5 Å². The first-order valence-electron chi connectivity index (χ1n) is 6.26. The predicted octanol–water partition coefficient (Wildman–Crippen LogP) is -1.59. The fraction of sp³-hybridized carbons (Fsp3) is 0.692. The van der Waals surface area contributed by atoms with E-state index in [1.54, 1.807) is 34.1 Å². The summed E-state index contributed by atoms with van der Waals surface area (Å²) in [6.45, 7) is 7.09. The second kappa shape index (κ2) is 10.3. The summed E-state index contributed by atoms with van der Waals surface area (Å²) in [5, 5.41) is 19.1. The number of aliphatic hydroxyl groups is 1. The van der Waals surface area contributed by atoms with Gasteiger partial charge in [-0.25, -0.2) is 0 Å². The van der Waals surface area contributed by atoms with Crippen molar-refractivity contribution in [2.24, 2.45) is 4.99 Å². The fourth-order valence-electron chi connectivity index (χ4n) is 1.61. The molecule has 1 heterocycles. The molecular weight excluding hydrogens is 269 g/mol. The summed E-state index contributed by atoms with van der Waals surface area (Å²) in [4.78, 5) is 16.0. The number of aliphatic imine (C=N–C) groups is 1. The van der Waals surface area contributed by atoms with Crippen LogP contribution in [0.2, 0.25) is 0 Å². The predicted molar refractivity (Wildman–Crippen MR) is 80.6 cm³/mol.